The van der Waals surface area contributed by atoms with Gasteiger partial charge in [-0.15, -0.1) is 0 Å². The number of nitrogens with one attached hydrogen (secondary N) is 1. The van der Waals surface area contributed by atoms with Crippen molar-refractivity contribution in [1.82, 2.24) is 10.3 Å². The number of carbonyl (C=O) groups is 1. The second-order valence-corrected chi connectivity index (χ2v) is 6.62. The number of benzene rings is 1. The molecule has 1 saturated carbocycles. The first kappa shape index (κ1) is 16.6. The molecular weight excluding hydrogens is 332 g/mol. The average molecular weight is 352 g/mol. The van der Waals surface area contributed by atoms with Crippen LogP contribution in [0.3, 0.4) is 0 Å². The molecule has 26 heavy (non-hydrogen) atoms. The van der Waals surface area contributed by atoms with E-state index in [1.165, 1.54) is 6.26 Å². The summed E-state index contributed by atoms with van der Waals surface area (Å²) in [6.07, 6.45) is 4.20. The number of pyridine rings is 1. The Morgan fingerprint density at radius 1 is 1.31 bits per heavy atom. The van der Waals surface area contributed by atoms with Crippen molar-refractivity contribution in [2.75, 3.05) is 7.11 Å². The summed E-state index contributed by atoms with van der Waals surface area (Å²) in [6.45, 7) is 0. The molecule has 0 aliphatic heterocycles. The summed E-state index contributed by atoms with van der Waals surface area (Å²) in [7, 11) is 1.56. The number of amides is 1. The third-order valence-electron chi connectivity index (χ3n) is 4.96. The number of furan rings is 1. The van der Waals surface area contributed by atoms with Gasteiger partial charge in [-0.2, -0.15) is 0 Å². The Labute approximate surface area is 150 Å². The van der Waals surface area contributed by atoms with Crippen LogP contribution in [0.15, 0.2) is 53.3 Å². The molecule has 6 heteroatoms. The number of nitrogens with zero attached hydrogens (tertiary/aromatic N) is 1. The first-order valence-electron chi connectivity index (χ1n) is 8.61. The van der Waals surface area contributed by atoms with Gasteiger partial charge in [0.2, 0.25) is 5.88 Å². The highest BCUT2D eigenvalue weighted by Crippen LogP contribution is 2.38. The lowest BCUT2D eigenvalue weighted by Gasteiger charge is -2.38. The highest BCUT2D eigenvalue weighted by molar-refractivity contribution is 6.06. The van der Waals surface area contributed by atoms with Crippen molar-refractivity contribution in [1.29, 1.82) is 0 Å². The van der Waals surface area contributed by atoms with E-state index in [9.17, 15) is 9.90 Å². The van der Waals surface area contributed by atoms with Crippen LogP contribution in [0.1, 0.15) is 34.8 Å². The van der Waals surface area contributed by atoms with Gasteiger partial charge in [-0.3, -0.25) is 4.79 Å². The summed E-state index contributed by atoms with van der Waals surface area (Å²) in [5.41, 5.74) is 2.08. The van der Waals surface area contributed by atoms with E-state index in [4.69, 9.17) is 9.15 Å². The minimum atomic E-state index is -0.305. The van der Waals surface area contributed by atoms with Crippen molar-refractivity contribution in [3.05, 3.63) is 60.0 Å². The van der Waals surface area contributed by atoms with E-state index >= 15 is 0 Å². The van der Waals surface area contributed by atoms with Crippen molar-refractivity contribution in [3.8, 4) is 5.88 Å². The zero-order valence-corrected chi connectivity index (χ0v) is 14.4. The molecule has 2 N–H and O–H groups in total. The third kappa shape index (κ3) is 3.04. The Balaban J connectivity index is 1.60. The lowest BCUT2D eigenvalue weighted by Crippen LogP contribution is -2.41. The van der Waals surface area contributed by atoms with Crippen molar-refractivity contribution in [3.63, 3.8) is 0 Å². The van der Waals surface area contributed by atoms with Crippen LogP contribution in [0.4, 0.5) is 0 Å². The number of rotatable bonds is 5. The Hall–Kier alpha value is -2.86. The molecule has 3 aromatic rings. The molecule has 6 nitrogen and oxygen atoms in total. The minimum absolute atomic E-state index is 0.169. The van der Waals surface area contributed by atoms with Gasteiger partial charge in [0.05, 0.1) is 24.8 Å². The Bertz CT molecular complexity index is 913. The smallest absolute Gasteiger partial charge is 0.255 e. The summed E-state index contributed by atoms with van der Waals surface area (Å²) in [5.74, 6) is 0.493. The van der Waals surface area contributed by atoms with Gasteiger partial charge in [-0.05, 0) is 30.4 Å². The molecule has 4 rings (SSSR count). The monoisotopic (exact) mass is 352 g/mol. The lowest BCUT2D eigenvalue weighted by atomic mass is 9.75. The lowest BCUT2D eigenvalue weighted by molar-refractivity contribution is 0.0234. The molecule has 2 aromatic heterocycles. The Morgan fingerprint density at radius 2 is 2.12 bits per heavy atom. The first-order chi connectivity index (χ1) is 12.7. The molecule has 1 aromatic carbocycles. The minimum Gasteiger partial charge on any atom is -0.481 e. The van der Waals surface area contributed by atoms with Gasteiger partial charge in [0.25, 0.3) is 5.91 Å². The highest BCUT2D eigenvalue weighted by atomic mass is 16.5. The fraction of sp³-hybridized carbons (Fsp3) is 0.300. The summed E-state index contributed by atoms with van der Waals surface area (Å²) in [6, 6.07) is 10.9. The fourth-order valence-corrected chi connectivity index (χ4v) is 3.44. The second kappa shape index (κ2) is 6.80. The molecule has 0 spiro atoms. The molecule has 1 fully saturated rings. The van der Waals surface area contributed by atoms with Gasteiger partial charge in [0.15, 0.2) is 0 Å². The molecule has 2 heterocycles. The zero-order valence-electron chi connectivity index (χ0n) is 14.4. The largest absolute Gasteiger partial charge is 0.481 e. The number of aliphatic hydroxyl groups excluding tert-OH is 1. The molecule has 1 atom stereocenters. The number of fused-ring (bicyclic) bond motifs is 1. The maximum atomic E-state index is 12.9. The maximum Gasteiger partial charge on any atom is 0.255 e. The van der Waals surface area contributed by atoms with Crippen LogP contribution >= 0.6 is 0 Å². The van der Waals surface area contributed by atoms with Crippen LogP contribution in [0.5, 0.6) is 5.88 Å². The van der Waals surface area contributed by atoms with Gasteiger partial charge in [-0.1, -0.05) is 24.3 Å². The van der Waals surface area contributed by atoms with Crippen LogP contribution in [0, 0.1) is 5.92 Å². The number of methoxy groups -OCH3 is 1. The van der Waals surface area contributed by atoms with Gasteiger partial charge in [-0.25, -0.2) is 4.98 Å². The summed E-state index contributed by atoms with van der Waals surface area (Å²) in [4.78, 5) is 17.1. The Kier molecular flexibility index (Phi) is 4.34. The number of aliphatic hydroxyl groups is 1. The summed E-state index contributed by atoms with van der Waals surface area (Å²) in [5, 5.41) is 13.6. The van der Waals surface area contributed by atoms with E-state index in [2.05, 4.69) is 10.3 Å². The second-order valence-electron chi connectivity index (χ2n) is 6.62. The van der Waals surface area contributed by atoms with Gasteiger partial charge in [0.1, 0.15) is 11.8 Å². The SMILES string of the molecule is COc1ccc([C@@H](NC(=O)c2coc3ccccc23)C2CC(O)C2)cn1. The van der Waals surface area contributed by atoms with E-state index in [1.54, 1.807) is 19.4 Å². The van der Waals surface area contributed by atoms with Crippen LogP contribution < -0.4 is 10.1 Å². The molecule has 1 aliphatic rings. The van der Waals surface area contributed by atoms with E-state index in [0.29, 0.717) is 29.9 Å². The molecule has 0 saturated heterocycles. The van der Waals surface area contributed by atoms with E-state index < -0.39 is 0 Å². The number of hydrogen-bond donors (Lipinski definition) is 2. The normalized spacial score (nSPS) is 20.4. The van der Waals surface area contributed by atoms with Crippen molar-refractivity contribution < 1.29 is 19.1 Å². The molecule has 1 aliphatic carbocycles. The topological polar surface area (TPSA) is 84.6 Å². The molecule has 1 amide bonds. The van der Waals surface area contributed by atoms with Gasteiger partial charge in [0, 0.05) is 17.6 Å². The maximum absolute atomic E-state index is 12.9. The van der Waals surface area contributed by atoms with Gasteiger partial charge < -0.3 is 19.6 Å². The number of aromatic nitrogens is 1. The van der Waals surface area contributed by atoms with Crippen LogP contribution in [-0.2, 0) is 0 Å². The van der Waals surface area contributed by atoms with E-state index in [1.807, 2.05) is 30.3 Å². The van der Waals surface area contributed by atoms with E-state index in [-0.39, 0.29) is 24.0 Å². The highest BCUT2D eigenvalue weighted by Gasteiger charge is 2.36. The standard InChI is InChI=1S/C20H20N2O4/c1-25-18-7-6-12(10-21-18)19(13-8-14(23)9-13)22-20(24)16-11-26-17-5-3-2-4-15(16)17/h2-7,10-11,13-14,19,23H,8-9H2,1H3,(H,22,24)/t13?,14?,19-/m1/s1. The molecule has 0 unspecified atom stereocenters. The van der Waals surface area contributed by atoms with Crippen molar-refractivity contribution >= 4 is 16.9 Å². The van der Waals surface area contributed by atoms with Crippen LogP contribution in [-0.4, -0.2) is 29.2 Å². The zero-order chi connectivity index (χ0) is 18.1. The summed E-state index contributed by atoms with van der Waals surface area (Å²) >= 11 is 0. The molecule has 134 valence electrons. The average Bonchev–Trinajstić information content (AvgIpc) is 3.08. The Morgan fingerprint density at radius 3 is 2.81 bits per heavy atom. The molecular formula is C20H20N2O4. The van der Waals surface area contributed by atoms with Crippen LogP contribution in [0.25, 0.3) is 11.0 Å². The van der Waals surface area contributed by atoms with E-state index in [0.717, 1.165) is 10.9 Å². The molecule has 0 bridgehead atoms. The predicted molar refractivity (Wildman–Crippen MR) is 95.9 cm³/mol. The van der Waals surface area contributed by atoms with Gasteiger partial charge >= 0.3 is 0 Å². The van der Waals surface area contributed by atoms with Crippen molar-refractivity contribution in [2.24, 2.45) is 5.92 Å². The predicted octanol–water partition coefficient (Wildman–Crippen LogP) is 3.08. The third-order valence-corrected chi connectivity index (χ3v) is 4.96. The first-order valence-corrected chi connectivity index (χ1v) is 8.61. The summed E-state index contributed by atoms with van der Waals surface area (Å²) < 4.78 is 10.6. The van der Waals surface area contributed by atoms with Crippen molar-refractivity contribution in [2.45, 2.75) is 25.0 Å². The molecule has 0 radical (unpaired) electrons. The van der Waals surface area contributed by atoms with Crippen LogP contribution in [0.2, 0.25) is 0 Å². The number of carbonyl (C=O) groups excluding carboxylic acids is 1. The number of para-hydroxylation sites is 1. The number of hydrogen-bond acceptors (Lipinski definition) is 5. The fourth-order valence-electron chi connectivity index (χ4n) is 3.44. The number of ether oxygens (including phenoxy) is 1. The quantitative estimate of drug-likeness (QED) is 0.737.